The SMILES string of the molecule is CC[C@@H](NC(=O)Cc1ccc(OC)cc1)C(=O)N(CC(=O)O)Cc1ccc(-c2ncc(C3=CCC([C@H]4CC[C@H](CC)CC4)CC3)cn2)cc1. The van der Waals surface area contributed by atoms with Crippen LogP contribution in [-0.2, 0) is 27.3 Å². The number of carbonyl (C=O) groups is 3. The van der Waals surface area contributed by atoms with Gasteiger partial charge in [0.1, 0.15) is 18.3 Å². The molecule has 9 heteroatoms. The maximum absolute atomic E-state index is 13.5. The molecule has 2 N–H and O–H groups in total. The van der Waals surface area contributed by atoms with Crippen LogP contribution in [0.5, 0.6) is 5.75 Å². The Hall–Kier alpha value is -4.53. The van der Waals surface area contributed by atoms with E-state index in [0.29, 0.717) is 18.0 Å². The first kappa shape index (κ1) is 35.8. The summed E-state index contributed by atoms with van der Waals surface area (Å²) in [7, 11) is 1.57. The number of ether oxygens (including phenoxy) is 1. The Bertz CT molecular complexity index is 1580. The highest BCUT2D eigenvalue weighted by atomic mass is 16.5. The summed E-state index contributed by atoms with van der Waals surface area (Å²) < 4.78 is 5.16. The third-order valence-electron chi connectivity index (χ3n) is 10.4. The zero-order chi connectivity index (χ0) is 34.8. The number of carboxylic acids is 1. The fourth-order valence-corrected chi connectivity index (χ4v) is 7.34. The van der Waals surface area contributed by atoms with Crippen LogP contribution in [0.15, 0.2) is 67.0 Å². The summed E-state index contributed by atoms with van der Waals surface area (Å²) in [5, 5.41) is 12.4. The quantitative estimate of drug-likeness (QED) is 0.188. The lowest BCUT2D eigenvalue weighted by atomic mass is 9.71. The Morgan fingerprint density at radius 2 is 1.57 bits per heavy atom. The minimum absolute atomic E-state index is 0.0885. The molecule has 0 bridgehead atoms. The van der Waals surface area contributed by atoms with E-state index < -0.39 is 24.5 Å². The molecule has 0 radical (unpaired) electrons. The molecular formula is C40H50N4O5. The van der Waals surface area contributed by atoms with E-state index in [2.05, 4.69) is 28.3 Å². The molecular weight excluding hydrogens is 616 g/mol. The molecule has 2 aliphatic rings. The van der Waals surface area contributed by atoms with E-state index in [0.717, 1.165) is 52.8 Å². The molecule has 49 heavy (non-hydrogen) atoms. The number of benzene rings is 2. The number of rotatable bonds is 14. The van der Waals surface area contributed by atoms with Crippen LogP contribution in [-0.4, -0.2) is 57.5 Å². The van der Waals surface area contributed by atoms with E-state index in [9.17, 15) is 19.5 Å². The van der Waals surface area contributed by atoms with Gasteiger partial charge in [0.05, 0.1) is 13.5 Å². The monoisotopic (exact) mass is 666 g/mol. The zero-order valence-corrected chi connectivity index (χ0v) is 29.1. The Kier molecular flexibility index (Phi) is 12.6. The number of aromatic nitrogens is 2. The average Bonchev–Trinajstić information content (AvgIpc) is 3.14. The van der Waals surface area contributed by atoms with Gasteiger partial charge in [-0.2, -0.15) is 0 Å². The standard InChI is InChI=1S/C40H50N4O5/c1-4-27-6-12-30(13-7-27)31-16-18-32(19-17-31)34-23-41-39(42-24-34)33-14-8-29(9-15-33)25-44(26-38(46)47)40(48)36(5-2)43-37(45)22-28-10-20-35(49-3)21-11-28/h8-11,14-15,18,20-21,23-24,27,30-31,36H,4-7,12-13,16-17,19,22,25-26H2,1-3H3,(H,43,45)(H,46,47)/t27-,30-,31?,36-/m1/s1. The van der Waals surface area contributed by atoms with Crippen molar-refractivity contribution in [1.29, 1.82) is 0 Å². The summed E-state index contributed by atoms with van der Waals surface area (Å²) in [6.45, 7) is 3.72. The Labute approximate surface area is 290 Å². The number of carbonyl (C=O) groups excluding carboxylic acids is 2. The highest BCUT2D eigenvalue weighted by Gasteiger charge is 2.29. The number of hydrogen-bond donors (Lipinski definition) is 2. The van der Waals surface area contributed by atoms with Gasteiger partial charge in [-0.25, -0.2) is 9.97 Å². The topological polar surface area (TPSA) is 122 Å². The number of methoxy groups -OCH3 is 1. The van der Waals surface area contributed by atoms with Gasteiger partial charge >= 0.3 is 5.97 Å². The van der Waals surface area contributed by atoms with E-state index >= 15 is 0 Å². The van der Waals surface area contributed by atoms with Gasteiger partial charge in [-0.15, -0.1) is 0 Å². The summed E-state index contributed by atoms with van der Waals surface area (Å²) in [6, 6.07) is 13.8. The lowest BCUT2D eigenvalue weighted by Crippen LogP contribution is -2.49. The van der Waals surface area contributed by atoms with E-state index in [4.69, 9.17) is 4.74 Å². The molecule has 2 aromatic carbocycles. The molecule has 0 spiro atoms. The molecule has 1 heterocycles. The maximum atomic E-state index is 13.5. The van der Waals surface area contributed by atoms with Crippen molar-refractivity contribution in [1.82, 2.24) is 20.2 Å². The second-order valence-electron chi connectivity index (χ2n) is 13.6. The van der Waals surface area contributed by atoms with Crippen molar-refractivity contribution < 1.29 is 24.2 Å². The fraction of sp³-hybridized carbons (Fsp3) is 0.475. The number of aliphatic carboxylic acids is 1. The molecule has 2 atom stereocenters. The minimum Gasteiger partial charge on any atom is -0.497 e. The summed E-state index contributed by atoms with van der Waals surface area (Å²) in [4.78, 5) is 48.6. The van der Waals surface area contributed by atoms with Crippen LogP contribution >= 0.6 is 0 Å². The number of allylic oxidation sites excluding steroid dienone is 2. The van der Waals surface area contributed by atoms with Crippen molar-refractivity contribution in [2.24, 2.45) is 17.8 Å². The predicted octanol–water partition coefficient (Wildman–Crippen LogP) is 7.10. The first-order valence-electron chi connectivity index (χ1n) is 17.8. The van der Waals surface area contributed by atoms with Crippen molar-refractivity contribution in [2.75, 3.05) is 13.7 Å². The highest BCUT2D eigenvalue weighted by Crippen LogP contribution is 2.41. The molecule has 5 rings (SSSR count). The van der Waals surface area contributed by atoms with Crippen LogP contribution in [0.3, 0.4) is 0 Å². The van der Waals surface area contributed by atoms with Crippen molar-refractivity contribution >= 4 is 23.4 Å². The molecule has 1 fully saturated rings. The van der Waals surface area contributed by atoms with E-state index in [1.165, 1.54) is 49.0 Å². The van der Waals surface area contributed by atoms with Gasteiger partial charge in [-0.3, -0.25) is 14.4 Å². The van der Waals surface area contributed by atoms with Crippen LogP contribution in [0.2, 0.25) is 0 Å². The molecule has 260 valence electrons. The number of amides is 2. The summed E-state index contributed by atoms with van der Waals surface area (Å²) in [5.74, 6) is 2.04. The van der Waals surface area contributed by atoms with Gasteiger partial charge < -0.3 is 20.1 Å². The predicted molar refractivity (Wildman–Crippen MR) is 190 cm³/mol. The number of carboxylic acid groups (broad SMARTS) is 1. The molecule has 9 nitrogen and oxygen atoms in total. The van der Waals surface area contributed by atoms with E-state index in [-0.39, 0.29) is 18.9 Å². The Morgan fingerprint density at radius 3 is 2.14 bits per heavy atom. The van der Waals surface area contributed by atoms with Crippen molar-refractivity contribution in [3.05, 3.63) is 83.7 Å². The van der Waals surface area contributed by atoms with Gasteiger partial charge in [0.2, 0.25) is 11.8 Å². The molecule has 3 aromatic rings. The fourth-order valence-electron chi connectivity index (χ4n) is 7.34. The number of nitrogens with zero attached hydrogens (tertiary/aromatic N) is 3. The Balaban J connectivity index is 1.17. The van der Waals surface area contributed by atoms with Crippen LogP contribution < -0.4 is 10.1 Å². The van der Waals surface area contributed by atoms with Crippen molar-refractivity contribution in [3.8, 4) is 17.1 Å². The third-order valence-corrected chi connectivity index (χ3v) is 10.4. The minimum atomic E-state index is -1.12. The molecule has 2 amide bonds. The van der Waals surface area contributed by atoms with E-state index in [1.807, 2.05) is 36.7 Å². The van der Waals surface area contributed by atoms with Crippen LogP contribution in [0.4, 0.5) is 0 Å². The highest BCUT2D eigenvalue weighted by molar-refractivity contribution is 5.90. The summed E-state index contributed by atoms with van der Waals surface area (Å²) in [6.07, 6.45) is 17.0. The van der Waals surface area contributed by atoms with Gasteiger partial charge in [0.15, 0.2) is 5.82 Å². The average molecular weight is 667 g/mol. The van der Waals surface area contributed by atoms with E-state index in [1.54, 1.807) is 38.3 Å². The first-order valence-corrected chi connectivity index (χ1v) is 17.8. The van der Waals surface area contributed by atoms with Crippen LogP contribution in [0, 0.1) is 17.8 Å². The molecule has 1 saturated carbocycles. The third kappa shape index (κ3) is 9.77. The largest absolute Gasteiger partial charge is 0.497 e. The normalized spacial score (nSPS) is 19.7. The summed E-state index contributed by atoms with van der Waals surface area (Å²) >= 11 is 0. The second-order valence-corrected chi connectivity index (χ2v) is 13.6. The second kappa shape index (κ2) is 17.2. The number of hydrogen-bond acceptors (Lipinski definition) is 6. The van der Waals surface area contributed by atoms with Crippen LogP contribution in [0.25, 0.3) is 17.0 Å². The summed E-state index contributed by atoms with van der Waals surface area (Å²) in [5.41, 5.74) is 4.80. The van der Waals surface area contributed by atoms with Gasteiger partial charge in [0.25, 0.3) is 0 Å². The van der Waals surface area contributed by atoms with Crippen LogP contribution in [0.1, 0.15) is 88.3 Å². The van der Waals surface area contributed by atoms with Gasteiger partial charge in [-0.1, -0.05) is 75.6 Å². The first-order chi connectivity index (χ1) is 23.8. The lowest BCUT2D eigenvalue weighted by Gasteiger charge is -2.35. The molecule has 2 aliphatic carbocycles. The molecule has 0 aliphatic heterocycles. The molecule has 1 aromatic heterocycles. The van der Waals surface area contributed by atoms with Gasteiger partial charge in [-0.05, 0) is 85.1 Å². The molecule has 1 unspecified atom stereocenters. The number of nitrogens with one attached hydrogen (secondary N) is 1. The van der Waals surface area contributed by atoms with Crippen molar-refractivity contribution in [3.63, 3.8) is 0 Å². The maximum Gasteiger partial charge on any atom is 0.323 e. The lowest BCUT2D eigenvalue weighted by molar-refractivity contribution is -0.146. The van der Waals surface area contributed by atoms with Crippen molar-refractivity contribution in [2.45, 2.75) is 90.6 Å². The molecule has 0 saturated heterocycles. The smallest absolute Gasteiger partial charge is 0.323 e. The van der Waals surface area contributed by atoms with Gasteiger partial charge in [0, 0.05) is 30.1 Å². The zero-order valence-electron chi connectivity index (χ0n) is 29.1. The Morgan fingerprint density at radius 1 is 0.898 bits per heavy atom.